The van der Waals surface area contributed by atoms with Crippen LogP contribution in [0.1, 0.15) is 19.4 Å². The quantitative estimate of drug-likeness (QED) is 0.339. The number of amidine groups is 1. The van der Waals surface area contributed by atoms with E-state index in [1.54, 1.807) is 12.3 Å². The van der Waals surface area contributed by atoms with E-state index in [-0.39, 0.29) is 5.84 Å². The fourth-order valence-electron chi connectivity index (χ4n) is 1.87. The monoisotopic (exact) mass is 279 g/mol. The minimum Gasteiger partial charge on any atom is -0.409 e. The van der Waals surface area contributed by atoms with E-state index in [1.165, 1.54) is 0 Å². The molecular weight excluding hydrogens is 254 g/mol. The van der Waals surface area contributed by atoms with Crippen molar-refractivity contribution in [1.29, 1.82) is 0 Å². The fourth-order valence-corrected chi connectivity index (χ4v) is 1.87. The van der Waals surface area contributed by atoms with E-state index in [4.69, 9.17) is 10.9 Å². The number of rotatable bonds is 7. The van der Waals surface area contributed by atoms with E-state index in [9.17, 15) is 0 Å². The van der Waals surface area contributed by atoms with Gasteiger partial charge in [0.1, 0.15) is 5.82 Å². The summed E-state index contributed by atoms with van der Waals surface area (Å²) in [6, 6.07) is 3.59. The maximum atomic E-state index is 8.76. The van der Waals surface area contributed by atoms with Crippen LogP contribution in [0.15, 0.2) is 23.5 Å². The largest absolute Gasteiger partial charge is 0.409 e. The molecule has 0 fully saturated rings. The van der Waals surface area contributed by atoms with E-state index >= 15 is 0 Å². The molecule has 0 aliphatic rings. The van der Waals surface area contributed by atoms with Crippen molar-refractivity contribution in [3.8, 4) is 0 Å². The molecule has 0 bridgehead atoms. The van der Waals surface area contributed by atoms with E-state index < -0.39 is 0 Å². The van der Waals surface area contributed by atoms with Crippen molar-refractivity contribution >= 4 is 11.7 Å². The Morgan fingerprint density at radius 2 is 2.10 bits per heavy atom. The summed E-state index contributed by atoms with van der Waals surface area (Å²) in [6.45, 7) is 7.10. The van der Waals surface area contributed by atoms with Gasteiger partial charge in [0.05, 0.1) is 0 Å². The van der Waals surface area contributed by atoms with E-state index in [0.717, 1.165) is 25.5 Å². The van der Waals surface area contributed by atoms with Gasteiger partial charge in [-0.05, 0) is 32.1 Å². The van der Waals surface area contributed by atoms with Crippen LogP contribution >= 0.6 is 0 Å². The van der Waals surface area contributed by atoms with Gasteiger partial charge < -0.3 is 20.7 Å². The average molecular weight is 279 g/mol. The average Bonchev–Trinajstić information content (AvgIpc) is 2.42. The summed E-state index contributed by atoms with van der Waals surface area (Å²) in [5.41, 5.74) is 6.31. The molecule has 0 aliphatic heterocycles. The molecule has 0 aliphatic carbocycles. The topological polar surface area (TPSA) is 78.0 Å². The number of nitrogens with two attached hydrogens (primary N) is 1. The summed E-state index contributed by atoms with van der Waals surface area (Å²) in [5.74, 6) is 1.49. The summed E-state index contributed by atoms with van der Waals surface area (Å²) in [4.78, 5) is 8.76. The van der Waals surface area contributed by atoms with Crippen molar-refractivity contribution in [1.82, 2.24) is 9.88 Å². The molecule has 0 amide bonds. The van der Waals surface area contributed by atoms with Gasteiger partial charge in [0.25, 0.3) is 0 Å². The highest BCUT2D eigenvalue weighted by atomic mass is 16.4. The summed E-state index contributed by atoms with van der Waals surface area (Å²) >= 11 is 0. The van der Waals surface area contributed by atoms with Gasteiger partial charge in [0.15, 0.2) is 5.84 Å². The standard InChI is InChI=1S/C14H25N5O/c1-11(2)10-19(8-7-18(3)4)13-9-12(5-6-16-13)14(15)17-20/h5-6,9,11,20H,7-8,10H2,1-4H3,(H2,15,17). The molecule has 1 rings (SSSR count). The van der Waals surface area contributed by atoms with Crippen LogP contribution in [0.4, 0.5) is 5.82 Å². The van der Waals surface area contributed by atoms with Crippen LogP contribution in [0, 0.1) is 5.92 Å². The Kier molecular flexibility index (Phi) is 6.24. The molecule has 1 heterocycles. The first kappa shape index (κ1) is 16.2. The molecule has 0 saturated carbocycles. The minimum atomic E-state index is 0.103. The zero-order valence-electron chi connectivity index (χ0n) is 12.7. The first-order valence-electron chi connectivity index (χ1n) is 6.77. The number of pyridine rings is 1. The lowest BCUT2D eigenvalue weighted by atomic mass is 10.2. The van der Waals surface area contributed by atoms with Crippen LogP contribution in [0.2, 0.25) is 0 Å². The third kappa shape index (κ3) is 5.05. The van der Waals surface area contributed by atoms with Crippen LogP contribution < -0.4 is 10.6 Å². The normalized spacial score (nSPS) is 12.2. The number of hydrogen-bond acceptors (Lipinski definition) is 5. The smallest absolute Gasteiger partial charge is 0.170 e. The minimum absolute atomic E-state index is 0.103. The predicted molar refractivity (Wildman–Crippen MR) is 82.4 cm³/mol. The van der Waals surface area contributed by atoms with Crippen molar-refractivity contribution in [3.05, 3.63) is 23.9 Å². The number of likely N-dealkylation sites (N-methyl/N-ethyl adjacent to an activating group) is 1. The van der Waals surface area contributed by atoms with Crippen molar-refractivity contribution in [2.45, 2.75) is 13.8 Å². The third-order valence-corrected chi connectivity index (χ3v) is 2.88. The molecule has 0 spiro atoms. The van der Waals surface area contributed by atoms with E-state index in [0.29, 0.717) is 11.5 Å². The Hall–Kier alpha value is -1.82. The van der Waals surface area contributed by atoms with Gasteiger partial charge in [-0.1, -0.05) is 19.0 Å². The lowest BCUT2D eigenvalue weighted by molar-refractivity contribution is 0.318. The second-order valence-electron chi connectivity index (χ2n) is 5.53. The molecule has 0 radical (unpaired) electrons. The van der Waals surface area contributed by atoms with Gasteiger partial charge >= 0.3 is 0 Å². The molecule has 6 heteroatoms. The number of nitrogens with zero attached hydrogens (tertiary/aromatic N) is 4. The first-order valence-corrected chi connectivity index (χ1v) is 6.77. The van der Waals surface area contributed by atoms with Crippen molar-refractivity contribution < 1.29 is 5.21 Å². The zero-order valence-corrected chi connectivity index (χ0v) is 12.7. The molecular formula is C14H25N5O. The van der Waals surface area contributed by atoms with Crippen LogP contribution in [-0.2, 0) is 0 Å². The molecule has 0 unspecified atom stereocenters. The van der Waals surface area contributed by atoms with Crippen LogP contribution in [-0.4, -0.2) is 54.7 Å². The molecule has 1 aromatic rings. The van der Waals surface area contributed by atoms with Crippen LogP contribution in [0.25, 0.3) is 0 Å². The molecule has 3 N–H and O–H groups in total. The number of anilines is 1. The van der Waals surface area contributed by atoms with Gasteiger partial charge in [-0.25, -0.2) is 4.98 Å². The number of hydrogen-bond donors (Lipinski definition) is 2. The second-order valence-corrected chi connectivity index (χ2v) is 5.53. The fraction of sp³-hybridized carbons (Fsp3) is 0.571. The SMILES string of the molecule is CC(C)CN(CCN(C)C)c1cc(C(N)=NO)ccn1. The molecule has 6 nitrogen and oxygen atoms in total. The second kappa shape index (κ2) is 7.69. The number of aromatic nitrogens is 1. The summed E-state index contributed by atoms with van der Waals surface area (Å²) in [5, 5.41) is 11.8. The van der Waals surface area contributed by atoms with Crippen molar-refractivity contribution in [3.63, 3.8) is 0 Å². The summed E-state index contributed by atoms with van der Waals surface area (Å²) in [7, 11) is 4.10. The Labute approximate surface area is 120 Å². The van der Waals surface area contributed by atoms with Gasteiger partial charge in [-0.15, -0.1) is 0 Å². The van der Waals surface area contributed by atoms with Crippen molar-refractivity contribution in [2.24, 2.45) is 16.8 Å². The lowest BCUT2D eigenvalue weighted by Crippen LogP contribution is -2.35. The van der Waals surface area contributed by atoms with Crippen LogP contribution in [0.5, 0.6) is 0 Å². The lowest BCUT2D eigenvalue weighted by Gasteiger charge is -2.27. The molecule has 1 aromatic heterocycles. The van der Waals surface area contributed by atoms with Gasteiger partial charge in [0, 0.05) is 31.4 Å². The molecule has 0 saturated heterocycles. The Morgan fingerprint density at radius 3 is 2.65 bits per heavy atom. The Balaban J connectivity index is 2.94. The maximum absolute atomic E-state index is 8.76. The molecule has 0 atom stereocenters. The molecule has 0 aromatic carbocycles. The van der Waals surface area contributed by atoms with Gasteiger partial charge in [0.2, 0.25) is 0 Å². The van der Waals surface area contributed by atoms with E-state index in [1.807, 2.05) is 20.2 Å². The van der Waals surface area contributed by atoms with Crippen LogP contribution in [0.3, 0.4) is 0 Å². The Bertz CT molecular complexity index is 445. The molecule has 112 valence electrons. The Morgan fingerprint density at radius 1 is 1.40 bits per heavy atom. The zero-order chi connectivity index (χ0) is 15.1. The van der Waals surface area contributed by atoms with E-state index in [2.05, 4.69) is 33.8 Å². The van der Waals surface area contributed by atoms with Crippen molar-refractivity contribution in [2.75, 3.05) is 38.6 Å². The summed E-state index contributed by atoms with van der Waals surface area (Å²) < 4.78 is 0. The maximum Gasteiger partial charge on any atom is 0.170 e. The van der Waals surface area contributed by atoms with Gasteiger partial charge in [-0.2, -0.15) is 0 Å². The predicted octanol–water partition coefficient (Wildman–Crippen LogP) is 1.20. The third-order valence-electron chi connectivity index (χ3n) is 2.88. The highest BCUT2D eigenvalue weighted by Gasteiger charge is 2.12. The highest BCUT2D eigenvalue weighted by Crippen LogP contribution is 2.14. The summed E-state index contributed by atoms with van der Waals surface area (Å²) in [6.07, 6.45) is 1.69. The number of oxime groups is 1. The first-order chi connectivity index (χ1) is 9.43. The van der Waals surface area contributed by atoms with Gasteiger partial charge in [-0.3, -0.25) is 0 Å². The highest BCUT2D eigenvalue weighted by molar-refractivity contribution is 5.97. The molecule has 20 heavy (non-hydrogen) atoms.